The van der Waals surface area contributed by atoms with E-state index < -0.39 is 0 Å². The third kappa shape index (κ3) is 6.60. The summed E-state index contributed by atoms with van der Waals surface area (Å²) in [6.07, 6.45) is 6.52. The first-order chi connectivity index (χ1) is 13.7. The Morgan fingerprint density at radius 1 is 1.04 bits per heavy atom. The second-order valence-corrected chi connectivity index (χ2v) is 9.06. The third-order valence-electron chi connectivity index (χ3n) is 6.20. The Morgan fingerprint density at radius 2 is 1.82 bits per heavy atom. The molecular weight excluding hydrogens is 352 g/mol. The number of unbranched alkanes of at least 4 members (excludes halogenated alkanes) is 1. The van der Waals surface area contributed by atoms with E-state index in [1.807, 2.05) is 0 Å². The van der Waals surface area contributed by atoms with Crippen LogP contribution in [0.15, 0.2) is 4.99 Å². The van der Waals surface area contributed by atoms with Gasteiger partial charge in [-0.15, -0.1) is 0 Å². The molecular formula is C22H42N4O2. The van der Waals surface area contributed by atoms with Gasteiger partial charge in [0.1, 0.15) is 6.10 Å². The molecule has 0 saturated carbocycles. The van der Waals surface area contributed by atoms with Crippen LogP contribution in [0.1, 0.15) is 52.9 Å². The summed E-state index contributed by atoms with van der Waals surface area (Å²) >= 11 is 0. The van der Waals surface area contributed by atoms with Crippen molar-refractivity contribution in [3.8, 4) is 0 Å². The molecule has 162 valence electrons. The van der Waals surface area contributed by atoms with E-state index in [0.717, 1.165) is 76.5 Å². The Hall–Kier alpha value is -0.850. The molecule has 3 fully saturated rings. The van der Waals surface area contributed by atoms with Gasteiger partial charge >= 0.3 is 0 Å². The van der Waals surface area contributed by atoms with Crippen LogP contribution in [-0.2, 0) is 9.47 Å². The fourth-order valence-corrected chi connectivity index (χ4v) is 5.02. The van der Waals surface area contributed by atoms with Crippen molar-refractivity contribution in [1.29, 1.82) is 0 Å². The molecule has 3 aliphatic heterocycles. The maximum absolute atomic E-state index is 5.99. The second kappa shape index (κ2) is 11.4. The van der Waals surface area contributed by atoms with E-state index in [1.54, 1.807) is 0 Å². The van der Waals surface area contributed by atoms with Gasteiger partial charge < -0.3 is 24.6 Å². The number of rotatable bonds is 7. The molecule has 0 aromatic heterocycles. The average molecular weight is 395 g/mol. The molecule has 0 aromatic rings. The van der Waals surface area contributed by atoms with E-state index in [4.69, 9.17) is 14.5 Å². The molecule has 3 rings (SSSR count). The summed E-state index contributed by atoms with van der Waals surface area (Å²) in [5.41, 5.74) is 0. The van der Waals surface area contributed by atoms with Crippen LogP contribution in [0.4, 0.5) is 0 Å². The van der Waals surface area contributed by atoms with Gasteiger partial charge in [-0.1, -0.05) is 13.8 Å². The van der Waals surface area contributed by atoms with Gasteiger partial charge in [0.05, 0.1) is 12.7 Å². The van der Waals surface area contributed by atoms with Crippen molar-refractivity contribution in [1.82, 2.24) is 15.1 Å². The molecule has 0 spiro atoms. The van der Waals surface area contributed by atoms with Crippen LogP contribution in [0.5, 0.6) is 0 Å². The number of likely N-dealkylation sites (tertiary alicyclic amines) is 1. The average Bonchev–Trinajstić information content (AvgIpc) is 3.21. The molecule has 28 heavy (non-hydrogen) atoms. The number of nitrogens with zero attached hydrogens (tertiary/aromatic N) is 3. The number of morpholine rings is 1. The number of nitrogens with one attached hydrogen (secondary N) is 1. The summed E-state index contributed by atoms with van der Waals surface area (Å²) in [4.78, 5) is 9.95. The van der Waals surface area contributed by atoms with Crippen molar-refractivity contribution < 1.29 is 9.47 Å². The molecule has 0 bridgehead atoms. The summed E-state index contributed by atoms with van der Waals surface area (Å²) in [5, 5.41) is 3.48. The van der Waals surface area contributed by atoms with E-state index in [2.05, 4.69) is 35.9 Å². The lowest BCUT2D eigenvalue weighted by Gasteiger charge is -2.37. The molecule has 1 N–H and O–H groups in total. The van der Waals surface area contributed by atoms with Crippen LogP contribution >= 0.6 is 0 Å². The Bertz CT molecular complexity index is 471. The smallest absolute Gasteiger partial charge is 0.194 e. The van der Waals surface area contributed by atoms with Crippen molar-refractivity contribution in [2.24, 2.45) is 16.8 Å². The van der Waals surface area contributed by atoms with Crippen LogP contribution < -0.4 is 5.32 Å². The molecule has 4 atom stereocenters. The maximum Gasteiger partial charge on any atom is 0.194 e. The van der Waals surface area contributed by atoms with E-state index in [0.29, 0.717) is 0 Å². The molecule has 0 aromatic carbocycles. The van der Waals surface area contributed by atoms with Gasteiger partial charge in [-0.3, -0.25) is 4.99 Å². The molecule has 0 radical (unpaired) electrons. The van der Waals surface area contributed by atoms with Gasteiger partial charge in [-0.05, 0) is 57.4 Å². The number of guanidine groups is 1. The highest BCUT2D eigenvalue weighted by Gasteiger charge is 2.32. The SMILES string of the molecule is CCNC(=NCCCCN1CC(C)CC(C)C1)N1CCOC(C2CCCO2)C1. The predicted octanol–water partition coefficient (Wildman–Crippen LogP) is 2.59. The fraction of sp³-hybridized carbons (Fsp3) is 0.955. The predicted molar refractivity (Wildman–Crippen MR) is 115 cm³/mol. The first kappa shape index (κ1) is 21.8. The molecule has 6 nitrogen and oxygen atoms in total. The molecule has 3 saturated heterocycles. The van der Waals surface area contributed by atoms with Crippen LogP contribution in [-0.4, -0.2) is 87.0 Å². The number of hydrogen-bond donors (Lipinski definition) is 1. The summed E-state index contributed by atoms with van der Waals surface area (Å²) < 4.78 is 11.8. The zero-order valence-electron chi connectivity index (χ0n) is 18.4. The Balaban J connectivity index is 1.42. The highest BCUT2D eigenvalue weighted by molar-refractivity contribution is 5.80. The van der Waals surface area contributed by atoms with E-state index in [9.17, 15) is 0 Å². The lowest BCUT2D eigenvalue weighted by molar-refractivity contribution is -0.0817. The summed E-state index contributed by atoms with van der Waals surface area (Å²) in [7, 11) is 0. The molecule has 0 aliphatic carbocycles. The van der Waals surface area contributed by atoms with E-state index >= 15 is 0 Å². The minimum Gasteiger partial charge on any atom is -0.375 e. The van der Waals surface area contributed by atoms with Crippen LogP contribution in [0.3, 0.4) is 0 Å². The monoisotopic (exact) mass is 394 g/mol. The summed E-state index contributed by atoms with van der Waals surface area (Å²) in [6.45, 7) is 16.0. The van der Waals surface area contributed by atoms with E-state index in [-0.39, 0.29) is 12.2 Å². The zero-order valence-corrected chi connectivity index (χ0v) is 18.4. The van der Waals surface area contributed by atoms with E-state index in [1.165, 1.54) is 32.5 Å². The fourth-order valence-electron chi connectivity index (χ4n) is 5.02. The lowest BCUT2D eigenvalue weighted by atomic mass is 9.92. The Kier molecular flexibility index (Phi) is 8.87. The quantitative estimate of drug-likeness (QED) is 0.409. The van der Waals surface area contributed by atoms with Crippen LogP contribution in [0, 0.1) is 11.8 Å². The normalized spacial score (nSPS) is 32.7. The van der Waals surface area contributed by atoms with Crippen molar-refractivity contribution in [2.75, 3.05) is 59.0 Å². The molecule has 3 aliphatic rings. The first-order valence-corrected chi connectivity index (χ1v) is 11.6. The lowest BCUT2D eigenvalue weighted by Crippen LogP contribution is -2.53. The summed E-state index contributed by atoms with van der Waals surface area (Å²) in [5.74, 6) is 2.74. The summed E-state index contributed by atoms with van der Waals surface area (Å²) in [6, 6.07) is 0. The minimum absolute atomic E-state index is 0.184. The molecule has 6 heteroatoms. The minimum atomic E-state index is 0.184. The maximum atomic E-state index is 5.99. The van der Waals surface area contributed by atoms with Gasteiger partial charge in [-0.2, -0.15) is 0 Å². The molecule has 0 amide bonds. The van der Waals surface area contributed by atoms with Crippen LogP contribution in [0.25, 0.3) is 0 Å². The third-order valence-corrected chi connectivity index (χ3v) is 6.20. The Morgan fingerprint density at radius 3 is 2.54 bits per heavy atom. The van der Waals surface area contributed by atoms with Crippen LogP contribution in [0.2, 0.25) is 0 Å². The van der Waals surface area contributed by atoms with Gasteiger partial charge in [0.15, 0.2) is 5.96 Å². The first-order valence-electron chi connectivity index (χ1n) is 11.6. The highest BCUT2D eigenvalue weighted by atomic mass is 16.5. The molecule has 3 heterocycles. The van der Waals surface area contributed by atoms with Crippen molar-refractivity contribution in [3.63, 3.8) is 0 Å². The van der Waals surface area contributed by atoms with Gasteiger partial charge in [0.25, 0.3) is 0 Å². The van der Waals surface area contributed by atoms with Gasteiger partial charge in [0.2, 0.25) is 0 Å². The number of hydrogen-bond acceptors (Lipinski definition) is 4. The molecule has 4 unspecified atom stereocenters. The standard InChI is InChI=1S/C22H42N4O2/c1-4-23-22(26-11-13-28-21(17-26)20-8-7-12-27-20)24-9-5-6-10-25-15-18(2)14-19(3)16-25/h18-21H,4-17H2,1-3H3,(H,23,24). The largest absolute Gasteiger partial charge is 0.375 e. The number of ether oxygens (including phenoxy) is 2. The Labute approximate surface area is 172 Å². The number of aliphatic imine (C=N–C) groups is 1. The van der Waals surface area contributed by atoms with Crippen molar-refractivity contribution in [2.45, 2.75) is 65.1 Å². The van der Waals surface area contributed by atoms with Crippen molar-refractivity contribution >= 4 is 5.96 Å². The second-order valence-electron chi connectivity index (χ2n) is 9.06. The van der Waals surface area contributed by atoms with Crippen molar-refractivity contribution in [3.05, 3.63) is 0 Å². The number of piperidine rings is 1. The highest BCUT2D eigenvalue weighted by Crippen LogP contribution is 2.22. The zero-order chi connectivity index (χ0) is 19.8. The topological polar surface area (TPSA) is 49.3 Å². The van der Waals surface area contributed by atoms with Gasteiger partial charge in [-0.25, -0.2) is 0 Å². The van der Waals surface area contributed by atoms with Gasteiger partial charge in [0, 0.05) is 45.9 Å².